The lowest BCUT2D eigenvalue weighted by atomic mass is 10.1. The van der Waals surface area contributed by atoms with Crippen molar-refractivity contribution in [1.82, 2.24) is 4.57 Å². The first-order valence-corrected chi connectivity index (χ1v) is 9.86. The first-order valence-electron chi connectivity index (χ1n) is 7.37. The van der Waals surface area contributed by atoms with Crippen molar-refractivity contribution in [2.24, 2.45) is 0 Å². The lowest BCUT2D eigenvalue weighted by molar-refractivity contribution is 1.00. The Hall–Kier alpha value is -1.68. The van der Waals surface area contributed by atoms with Gasteiger partial charge >= 0.3 is 0 Å². The Morgan fingerprint density at radius 2 is 2.00 bits per heavy atom. The third-order valence-electron chi connectivity index (χ3n) is 3.78. The van der Waals surface area contributed by atoms with E-state index in [9.17, 15) is 0 Å². The van der Waals surface area contributed by atoms with Gasteiger partial charge in [0.2, 0.25) is 0 Å². The molecule has 3 rings (SSSR count). The van der Waals surface area contributed by atoms with E-state index in [1.165, 1.54) is 38.6 Å². The van der Waals surface area contributed by atoms with E-state index < -0.39 is 0 Å². The highest BCUT2D eigenvalue weighted by Gasteiger charge is 2.14. The van der Waals surface area contributed by atoms with Crippen molar-refractivity contribution in [2.75, 3.05) is 0 Å². The number of benzene rings is 1. The largest absolute Gasteiger partial charge is 0.309 e. The van der Waals surface area contributed by atoms with Crippen LogP contribution >= 0.6 is 20.7 Å². The summed E-state index contributed by atoms with van der Waals surface area (Å²) >= 11 is -0.0000900. The number of aromatic nitrogens is 1. The Bertz CT molecular complexity index is 919. The van der Waals surface area contributed by atoms with E-state index in [-0.39, 0.29) is 20.7 Å². The summed E-state index contributed by atoms with van der Waals surface area (Å²) in [5.74, 6) is 0. The van der Waals surface area contributed by atoms with Gasteiger partial charge in [-0.3, -0.25) is 0 Å². The monoisotopic (exact) mass is 401 g/mol. The summed E-state index contributed by atoms with van der Waals surface area (Å²) in [7, 11) is 0. The minimum absolute atomic E-state index is 0.0000900. The fourth-order valence-corrected chi connectivity index (χ4v) is 4.57. The summed E-state index contributed by atoms with van der Waals surface area (Å²) in [5, 5.41) is 2.65. The van der Waals surface area contributed by atoms with Crippen LogP contribution in [0.2, 0.25) is 0 Å². The summed E-state index contributed by atoms with van der Waals surface area (Å²) in [6, 6.07) is 8.56. The van der Waals surface area contributed by atoms with Crippen LogP contribution in [0, 0.1) is 6.92 Å². The lowest BCUT2D eigenvalue weighted by Crippen LogP contribution is -2.30. The van der Waals surface area contributed by atoms with Crippen molar-refractivity contribution in [1.29, 1.82) is 0 Å². The second-order valence-electron chi connectivity index (χ2n) is 5.67. The zero-order valence-electron chi connectivity index (χ0n) is 13.2. The van der Waals surface area contributed by atoms with Gasteiger partial charge in [-0.25, -0.2) is 0 Å². The van der Waals surface area contributed by atoms with Crippen molar-refractivity contribution >= 4 is 47.1 Å². The van der Waals surface area contributed by atoms with Crippen molar-refractivity contribution < 1.29 is 0 Å². The molecular weight excluding hydrogens is 381 g/mol. The molecule has 1 aliphatic heterocycles. The molecule has 112 valence electrons. The Balaban J connectivity index is 2.48. The van der Waals surface area contributed by atoms with Crippen molar-refractivity contribution in [2.45, 2.75) is 20.8 Å². The van der Waals surface area contributed by atoms with E-state index >= 15 is 0 Å². The number of halogens is 1. The van der Waals surface area contributed by atoms with Gasteiger partial charge in [0.1, 0.15) is 0 Å². The zero-order valence-corrected chi connectivity index (χ0v) is 15.4. The molecule has 2 heteroatoms. The maximum atomic E-state index is 4.08. The Kier molecular flexibility index (Phi) is 4.30. The van der Waals surface area contributed by atoms with E-state index in [4.69, 9.17) is 0 Å². The van der Waals surface area contributed by atoms with Crippen molar-refractivity contribution in [3.8, 4) is 5.69 Å². The molecule has 1 aromatic heterocycles. The van der Waals surface area contributed by atoms with Gasteiger partial charge in [0.25, 0.3) is 0 Å². The fraction of sp³-hybridized carbons (Fsp3) is 0.150. The smallest absolute Gasteiger partial charge is 0.0598 e. The van der Waals surface area contributed by atoms with Gasteiger partial charge in [0.15, 0.2) is 0 Å². The van der Waals surface area contributed by atoms with Gasteiger partial charge in [-0.2, -0.15) is 0 Å². The molecule has 2 heterocycles. The predicted octanol–water partition coefficient (Wildman–Crippen LogP) is 4.16. The maximum absolute atomic E-state index is 4.08. The highest BCUT2D eigenvalue weighted by atomic mass is 127. The molecule has 0 fully saturated rings. The summed E-state index contributed by atoms with van der Waals surface area (Å²) in [6.45, 7) is 10.5. The number of allylic oxidation sites excluding steroid dienone is 1. The van der Waals surface area contributed by atoms with E-state index in [0.717, 1.165) is 0 Å². The van der Waals surface area contributed by atoms with E-state index in [0.29, 0.717) is 0 Å². The molecule has 1 aromatic carbocycles. The van der Waals surface area contributed by atoms with Gasteiger partial charge in [0, 0.05) is 16.5 Å². The van der Waals surface area contributed by atoms with Crippen LogP contribution in [-0.2, 0) is 0 Å². The number of fused-ring (bicyclic) bond motifs is 1. The molecule has 0 saturated carbocycles. The molecule has 0 spiro atoms. The molecule has 0 unspecified atom stereocenters. The number of nitrogens with zero attached hydrogens (tertiary/aromatic N) is 1. The van der Waals surface area contributed by atoms with Crippen molar-refractivity contribution in [3.05, 3.63) is 63.8 Å². The predicted molar refractivity (Wildman–Crippen MR) is 108 cm³/mol. The Labute approximate surface area is 141 Å². The average Bonchev–Trinajstić information content (AvgIpc) is 2.81. The third kappa shape index (κ3) is 2.56. The number of para-hydroxylation sites is 1. The molecule has 0 atom stereocenters. The SMILES string of the molecule is C=Cc1c(C=C(C)C)c2c(n1-c1ccccc1C)=CI=CC=2. The molecule has 1 aliphatic rings. The Morgan fingerprint density at radius 1 is 1.23 bits per heavy atom. The van der Waals surface area contributed by atoms with Crippen LogP contribution in [-0.4, -0.2) is 8.58 Å². The number of hydrogen-bond acceptors (Lipinski definition) is 0. The highest BCUT2D eigenvalue weighted by Crippen LogP contribution is 2.19. The molecule has 0 bridgehead atoms. The minimum atomic E-state index is -0.0000900. The molecule has 1 nitrogen and oxygen atoms in total. The molecule has 22 heavy (non-hydrogen) atoms. The Morgan fingerprint density at radius 3 is 2.68 bits per heavy atom. The first kappa shape index (κ1) is 15.2. The van der Waals surface area contributed by atoms with Gasteiger partial charge < -0.3 is 4.57 Å². The van der Waals surface area contributed by atoms with Crippen LogP contribution in [0.4, 0.5) is 0 Å². The number of aryl methyl sites for hydroxylation is 1. The van der Waals surface area contributed by atoms with Crippen LogP contribution in [0.5, 0.6) is 0 Å². The zero-order chi connectivity index (χ0) is 15.7. The minimum Gasteiger partial charge on any atom is -0.309 e. The first-order chi connectivity index (χ1) is 10.6. The standard InChI is InChI=1S/C20H20IN/c1-5-18-17(12-14(2)3)16-10-11-21-13-20(16)22(18)19-9-7-6-8-15(19)4/h5-13H,1H2,2-4H3. The summed E-state index contributed by atoms with van der Waals surface area (Å²) in [5.41, 5.74) is 6.31. The van der Waals surface area contributed by atoms with E-state index in [1.54, 1.807) is 0 Å². The van der Waals surface area contributed by atoms with E-state index in [1.807, 2.05) is 6.08 Å². The van der Waals surface area contributed by atoms with Gasteiger partial charge in [-0.15, -0.1) is 0 Å². The van der Waals surface area contributed by atoms with Crippen LogP contribution in [0.15, 0.2) is 36.4 Å². The molecule has 0 aliphatic carbocycles. The molecular formula is C20H20IN. The second-order valence-corrected chi connectivity index (χ2v) is 7.73. The van der Waals surface area contributed by atoms with Gasteiger partial charge in [0.05, 0.1) is 11.0 Å². The number of rotatable bonds is 3. The summed E-state index contributed by atoms with van der Waals surface area (Å²) in [6.07, 6.45) is 6.55. The normalized spacial score (nSPS) is 12.5. The van der Waals surface area contributed by atoms with Crippen LogP contribution in [0.25, 0.3) is 28.0 Å². The van der Waals surface area contributed by atoms with Gasteiger partial charge in [-0.1, -0.05) is 57.2 Å². The van der Waals surface area contributed by atoms with Crippen LogP contribution in [0.1, 0.15) is 30.7 Å². The summed E-state index contributed by atoms with van der Waals surface area (Å²) in [4.78, 5) is 0. The highest BCUT2D eigenvalue weighted by molar-refractivity contribution is 14.2. The average molecular weight is 401 g/mol. The quantitative estimate of drug-likeness (QED) is 0.681. The van der Waals surface area contributed by atoms with E-state index in [2.05, 4.69) is 76.4 Å². The second kappa shape index (κ2) is 6.21. The lowest BCUT2D eigenvalue weighted by Gasteiger charge is -2.11. The fourth-order valence-electron chi connectivity index (χ4n) is 2.84. The van der Waals surface area contributed by atoms with Crippen LogP contribution in [0.3, 0.4) is 0 Å². The molecule has 0 N–H and O–H groups in total. The molecule has 0 radical (unpaired) electrons. The molecule has 2 aromatic rings. The van der Waals surface area contributed by atoms with Crippen LogP contribution < -0.4 is 10.6 Å². The van der Waals surface area contributed by atoms with Gasteiger partial charge in [-0.05, 0) is 52.6 Å². The topological polar surface area (TPSA) is 4.93 Å². The summed E-state index contributed by atoms with van der Waals surface area (Å²) < 4.78 is 7.12. The maximum Gasteiger partial charge on any atom is 0.0598 e. The molecule has 0 saturated heterocycles. The number of hydrogen-bond donors (Lipinski definition) is 0. The van der Waals surface area contributed by atoms with Crippen molar-refractivity contribution in [3.63, 3.8) is 0 Å². The molecule has 0 amide bonds. The third-order valence-corrected chi connectivity index (χ3v) is 5.50.